The molecule has 1 aromatic carbocycles. The summed E-state index contributed by atoms with van der Waals surface area (Å²) >= 11 is 13.6. The summed E-state index contributed by atoms with van der Waals surface area (Å²) in [7, 11) is 0. The highest BCUT2D eigenvalue weighted by atomic mass is 79.9. The summed E-state index contributed by atoms with van der Waals surface area (Å²) in [6, 6.07) is 2.27. The molecule has 0 aliphatic rings. The average Bonchev–Trinajstić information content (AvgIpc) is 1.96. The summed E-state index contributed by atoms with van der Waals surface area (Å²) in [5.74, 6) is -0.663. The van der Waals surface area contributed by atoms with Crippen molar-refractivity contribution in [1.82, 2.24) is 0 Å². The van der Waals surface area contributed by atoms with Crippen molar-refractivity contribution < 1.29 is 9.18 Å². The highest BCUT2D eigenvalue weighted by molar-refractivity contribution is 9.10. The van der Waals surface area contributed by atoms with Crippen molar-refractivity contribution in [2.75, 3.05) is 0 Å². The molecule has 0 bridgehead atoms. The Balaban J connectivity index is 3.33. The average molecular weight is 272 g/mol. The lowest BCUT2D eigenvalue weighted by Gasteiger charge is -1.99. The van der Waals surface area contributed by atoms with Crippen molar-refractivity contribution in [3.63, 3.8) is 0 Å². The summed E-state index contributed by atoms with van der Waals surface area (Å²) in [6.07, 6.45) is 0. The molecule has 0 radical (unpaired) electrons. The number of hydrogen-bond donors (Lipinski definition) is 0. The van der Waals surface area contributed by atoms with Gasteiger partial charge in [-0.1, -0.05) is 11.6 Å². The molecule has 0 saturated carbocycles. The first-order chi connectivity index (χ1) is 5.52. The van der Waals surface area contributed by atoms with E-state index in [1.54, 1.807) is 0 Å². The van der Waals surface area contributed by atoms with Gasteiger partial charge in [0, 0.05) is 4.47 Å². The molecule has 0 aliphatic heterocycles. The van der Waals surface area contributed by atoms with E-state index in [2.05, 4.69) is 15.9 Å². The molecule has 0 aromatic heterocycles. The van der Waals surface area contributed by atoms with Gasteiger partial charge in [-0.2, -0.15) is 0 Å². The van der Waals surface area contributed by atoms with Crippen molar-refractivity contribution in [3.8, 4) is 0 Å². The lowest BCUT2D eigenvalue weighted by atomic mass is 10.2. The largest absolute Gasteiger partial charge is 0.276 e. The minimum atomic E-state index is -0.725. The molecule has 1 nitrogen and oxygen atoms in total. The van der Waals surface area contributed by atoms with Crippen molar-refractivity contribution in [1.29, 1.82) is 0 Å². The Morgan fingerprint density at radius 2 is 2.08 bits per heavy atom. The van der Waals surface area contributed by atoms with Gasteiger partial charge in [-0.25, -0.2) is 4.39 Å². The van der Waals surface area contributed by atoms with Crippen LogP contribution in [0.3, 0.4) is 0 Å². The monoisotopic (exact) mass is 270 g/mol. The highest BCUT2D eigenvalue weighted by Crippen LogP contribution is 2.25. The molecule has 1 aromatic rings. The second-order valence-corrected chi connectivity index (χ2v) is 3.62. The van der Waals surface area contributed by atoms with E-state index in [4.69, 9.17) is 23.2 Å². The Morgan fingerprint density at radius 1 is 1.50 bits per heavy atom. The fourth-order valence-electron chi connectivity index (χ4n) is 0.673. The normalized spacial score (nSPS) is 10.0. The molecular formula is C7H2BrCl2FO. The quantitative estimate of drug-likeness (QED) is 0.563. The van der Waals surface area contributed by atoms with Crippen LogP contribution in [0.15, 0.2) is 16.6 Å². The SMILES string of the molecule is O=C(Cl)c1cc(F)c(Cl)cc1Br. The van der Waals surface area contributed by atoms with E-state index in [1.165, 1.54) is 6.07 Å². The smallest absolute Gasteiger partial charge is 0.253 e. The number of hydrogen-bond acceptors (Lipinski definition) is 1. The number of carbonyl (C=O) groups is 1. The molecule has 12 heavy (non-hydrogen) atoms. The zero-order valence-corrected chi connectivity index (χ0v) is 8.67. The molecule has 1 rings (SSSR count). The molecule has 0 fully saturated rings. The molecule has 0 aliphatic carbocycles. The second kappa shape index (κ2) is 3.73. The zero-order chi connectivity index (χ0) is 9.30. The Morgan fingerprint density at radius 3 is 2.58 bits per heavy atom. The maximum Gasteiger partial charge on any atom is 0.253 e. The minimum Gasteiger partial charge on any atom is -0.276 e. The van der Waals surface area contributed by atoms with Crippen molar-refractivity contribution in [2.45, 2.75) is 0 Å². The fraction of sp³-hybridized carbons (Fsp3) is 0. The number of carbonyl (C=O) groups excluding carboxylic acids is 1. The summed E-state index contributed by atoms with van der Waals surface area (Å²) in [6.45, 7) is 0. The third-order valence-corrected chi connectivity index (χ3v) is 2.37. The summed E-state index contributed by atoms with van der Waals surface area (Å²) in [5, 5.41) is -0.777. The van der Waals surface area contributed by atoms with Crippen LogP contribution < -0.4 is 0 Å². The number of benzene rings is 1. The second-order valence-electron chi connectivity index (χ2n) is 2.02. The van der Waals surface area contributed by atoms with Crippen LogP contribution in [0.2, 0.25) is 5.02 Å². The lowest BCUT2D eigenvalue weighted by molar-refractivity contribution is 0.108. The van der Waals surface area contributed by atoms with E-state index in [1.807, 2.05) is 0 Å². The first-order valence-electron chi connectivity index (χ1n) is 2.86. The van der Waals surface area contributed by atoms with Crippen LogP contribution in [0.25, 0.3) is 0 Å². The van der Waals surface area contributed by atoms with Crippen LogP contribution in [0.4, 0.5) is 4.39 Å². The van der Waals surface area contributed by atoms with Gasteiger partial charge in [0.2, 0.25) is 0 Å². The van der Waals surface area contributed by atoms with Crippen LogP contribution in [-0.2, 0) is 0 Å². The molecule has 0 spiro atoms. The Labute approximate surface area is 86.6 Å². The Hall–Kier alpha value is -0.120. The van der Waals surface area contributed by atoms with Gasteiger partial charge in [-0.05, 0) is 39.7 Å². The third kappa shape index (κ3) is 1.97. The van der Waals surface area contributed by atoms with E-state index in [9.17, 15) is 9.18 Å². The fourth-order valence-corrected chi connectivity index (χ4v) is 1.76. The molecule has 0 N–H and O–H groups in total. The topological polar surface area (TPSA) is 17.1 Å². The van der Waals surface area contributed by atoms with E-state index in [0.29, 0.717) is 4.47 Å². The van der Waals surface area contributed by atoms with Gasteiger partial charge in [0.25, 0.3) is 5.24 Å². The molecule has 0 atom stereocenters. The molecule has 0 amide bonds. The van der Waals surface area contributed by atoms with Crippen molar-refractivity contribution in [3.05, 3.63) is 33.0 Å². The number of rotatable bonds is 1. The summed E-state index contributed by atoms with van der Waals surface area (Å²) < 4.78 is 13.1. The van der Waals surface area contributed by atoms with Gasteiger partial charge >= 0.3 is 0 Å². The summed E-state index contributed by atoms with van der Waals surface area (Å²) in [4.78, 5) is 10.7. The van der Waals surface area contributed by atoms with Gasteiger partial charge in [0.1, 0.15) is 5.82 Å². The van der Waals surface area contributed by atoms with E-state index in [0.717, 1.165) is 6.07 Å². The van der Waals surface area contributed by atoms with Crippen LogP contribution >= 0.6 is 39.1 Å². The highest BCUT2D eigenvalue weighted by Gasteiger charge is 2.11. The van der Waals surface area contributed by atoms with Crippen LogP contribution in [0, 0.1) is 5.82 Å². The number of halogens is 4. The first-order valence-corrected chi connectivity index (χ1v) is 4.41. The maximum atomic E-state index is 12.8. The van der Waals surface area contributed by atoms with E-state index < -0.39 is 11.1 Å². The van der Waals surface area contributed by atoms with E-state index >= 15 is 0 Å². The van der Waals surface area contributed by atoms with E-state index in [-0.39, 0.29) is 10.6 Å². The van der Waals surface area contributed by atoms with Gasteiger partial charge in [-0.15, -0.1) is 0 Å². The van der Waals surface area contributed by atoms with Gasteiger partial charge in [0.05, 0.1) is 10.6 Å². The van der Waals surface area contributed by atoms with Gasteiger partial charge in [0.15, 0.2) is 0 Å². The molecular weight excluding hydrogens is 270 g/mol. The van der Waals surface area contributed by atoms with Crippen LogP contribution in [0.1, 0.15) is 10.4 Å². The molecule has 5 heteroatoms. The Bertz CT molecular complexity index is 340. The van der Waals surface area contributed by atoms with Crippen LogP contribution in [0.5, 0.6) is 0 Å². The molecule has 0 unspecified atom stereocenters. The standard InChI is InChI=1S/C7H2BrCl2FO/c8-4-2-5(9)6(11)1-3(4)7(10)12/h1-2H. The van der Waals surface area contributed by atoms with Crippen molar-refractivity contribution >= 4 is 44.4 Å². The minimum absolute atomic E-state index is 0.0523. The molecule has 0 saturated heterocycles. The van der Waals surface area contributed by atoms with Crippen LogP contribution in [-0.4, -0.2) is 5.24 Å². The summed E-state index contributed by atoms with van der Waals surface area (Å²) in [5.41, 5.74) is 0.0681. The predicted molar refractivity (Wildman–Crippen MR) is 49.3 cm³/mol. The zero-order valence-electron chi connectivity index (χ0n) is 5.57. The van der Waals surface area contributed by atoms with Gasteiger partial charge < -0.3 is 0 Å². The lowest BCUT2D eigenvalue weighted by Crippen LogP contribution is -1.92. The third-order valence-electron chi connectivity index (χ3n) is 1.22. The Kier molecular flexibility index (Phi) is 3.09. The molecule has 64 valence electrons. The first kappa shape index (κ1) is 9.96. The van der Waals surface area contributed by atoms with Gasteiger partial charge in [-0.3, -0.25) is 4.79 Å². The molecule has 0 heterocycles. The van der Waals surface area contributed by atoms with Crippen molar-refractivity contribution in [2.24, 2.45) is 0 Å². The maximum absolute atomic E-state index is 12.8. The predicted octanol–water partition coefficient (Wildman–Crippen LogP) is 3.62.